The predicted octanol–water partition coefficient (Wildman–Crippen LogP) is 0.746. The molecular weight excluding hydrogens is 138 g/mol. The zero-order chi connectivity index (χ0) is 8.10. The first-order valence-corrected chi connectivity index (χ1v) is 4.18. The summed E-state index contributed by atoms with van der Waals surface area (Å²) >= 11 is 0. The van der Waals surface area contributed by atoms with Crippen molar-refractivity contribution in [1.29, 1.82) is 5.26 Å². The fourth-order valence-corrected chi connectivity index (χ4v) is 1.45. The Balaban J connectivity index is 2.34. The summed E-state index contributed by atoms with van der Waals surface area (Å²) in [5, 5.41) is 10.9. The third-order valence-corrected chi connectivity index (χ3v) is 2.23. The van der Waals surface area contributed by atoms with E-state index in [1.807, 2.05) is 7.05 Å². The molecule has 1 rings (SSSR count). The molecule has 0 amide bonds. The van der Waals surface area contributed by atoms with E-state index in [0.717, 1.165) is 32.4 Å². The smallest absolute Gasteiger partial charge is 0.0656 e. The highest BCUT2D eigenvalue weighted by atomic mass is 15.5. The van der Waals surface area contributed by atoms with Crippen LogP contribution in [0.2, 0.25) is 0 Å². The molecule has 1 N–H and O–H groups in total. The van der Waals surface area contributed by atoms with Crippen molar-refractivity contribution in [3.05, 3.63) is 0 Å². The molecule has 1 fully saturated rings. The average Bonchev–Trinajstić information content (AvgIpc) is 2.28. The summed E-state index contributed by atoms with van der Waals surface area (Å²) in [7, 11) is 1.94. The topological polar surface area (TPSA) is 39.1 Å². The van der Waals surface area contributed by atoms with Gasteiger partial charge in [0.1, 0.15) is 0 Å². The number of nitrogens with zero attached hydrogens (tertiary/aromatic N) is 2. The molecule has 1 saturated heterocycles. The monoisotopic (exact) mass is 153 g/mol. The number of hydrogen-bond acceptors (Lipinski definition) is 3. The first-order valence-electron chi connectivity index (χ1n) is 4.18. The molecule has 0 radical (unpaired) electrons. The van der Waals surface area contributed by atoms with Crippen LogP contribution in [0.3, 0.4) is 0 Å². The van der Waals surface area contributed by atoms with E-state index in [2.05, 4.69) is 16.5 Å². The maximum Gasteiger partial charge on any atom is 0.0656 e. The summed E-state index contributed by atoms with van der Waals surface area (Å²) < 4.78 is 0. The van der Waals surface area contributed by atoms with E-state index in [9.17, 15) is 0 Å². The third kappa shape index (κ3) is 2.49. The lowest BCUT2D eigenvalue weighted by atomic mass is 10.0. The van der Waals surface area contributed by atoms with Crippen molar-refractivity contribution in [2.75, 3.05) is 20.1 Å². The Morgan fingerprint density at radius 2 is 2.27 bits per heavy atom. The van der Waals surface area contributed by atoms with E-state index < -0.39 is 0 Å². The Kier molecular flexibility index (Phi) is 3.34. The lowest BCUT2D eigenvalue weighted by Crippen LogP contribution is -2.35. The minimum atomic E-state index is 0.286. The lowest BCUT2D eigenvalue weighted by Gasteiger charge is -2.17. The van der Waals surface area contributed by atoms with Crippen molar-refractivity contribution in [2.45, 2.75) is 19.3 Å². The van der Waals surface area contributed by atoms with Gasteiger partial charge in [-0.25, -0.2) is 5.01 Å². The molecule has 0 saturated carbocycles. The van der Waals surface area contributed by atoms with Gasteiger partial charge in [-0.3, -0.25) is 5.43 Å². The maximum atomic E-state index is 8.69. The van der Waals surface area contributed by atoms with Crippen molar-refractivity contribution < 1.29 is 0 Å². The van der Waals surface area contributed by atoms with Gasteiger partial charge in [-0.05, 0) is 26.3 Å². The maximum absolute atomic E-state index is 8.69. The lowest BCUT2D eigenvalue weighted by molar-refractivity contribution is 0.215. The predicted molar refractivity (Wildman–Crippen MR) is 43.6 cm³/mol. The molecular formula is C8H15N3. The van der Waals surface area contributed by atoms with Gasteiger partial charge in [0.25, 0.3) is 0 Å². The van der Waals surface area contributed by atoms with Gasteiger partial charge in [0.05, 0.1) is 6.07 Å². The second-order valence-corrected chi connectivity index (χ2v) is 2.97. The second-order valence-electron chi connectivity index (χ2n) is 2.97. The van der Waals surface area contributed by atoms with E-state index in [4.69, 9.17) is 5.26 Å². The summed E-state index contributed by atoms with van der Waals surface area (Å²) in [5.41, 5.74) is 3.11. The van der Waals surface area contributed by atoms with Gasteiger partial charge in [0.15, 0.2) is 0 Å². The number of nitrogens with one attached hydrogen (secondary N) is 1. The quantitative estimate of drug-likeness (QED) is 0.604. The van der Waals surface area contributed by atoms with Gasteiger partial charge < -0.3 is 0 Å². The van der Waals surface area contributed by atoms with Crippen LogP contribution in [0.5, 0.6) is 0 Å². The highest BCUT2D eigenvalue weighted by molar-refractivity contribution is 4.84. The summed E-state index contributed by atoms with van der Waals surface area (Å²) in [6.45, 7) is 2.09. The van der Waals surface area contributed by atoms with Crippen LogP contribution in [0.25, 0.3) is 0 Å². The molecule has 0 spiro atoms. The molecule has 1 unspecified atom stereocenters. The Morgan fingerprint density at radius 1 is 1.45 bits per heavy atom. The zero-order valence-corrected chi connectivity index (χ0v) is 7.01. The normalized spacial score (nSPS) is 27.5. The van der Waals surface area contributed by atoms with Gasteiger partial charge >= 0.3 is 0 Å². The van der Waals surface area contributed by atoms with E-state index in [1.54, 1.807) is 0 Å². The van der Waals surface area contributed by atoms with Crippen LogP contribution in [-0.4, -0.2) is 25.1 Å². The molecule has 11 heavy (non-hydrogen) atoms. The minimum absolute atomic E-state index is 0.286. The fourth-order valence-electron chi connectivity index (χ4n) is 1.45. The first-order chi connectivity index (χ1) is 5.36. The van der Waals surface area contributed by atoms with Crippen molar-refractivity contribution in [3.63, 3.8) is 0 Å². The average molecular weight is 153 g/mol. The Labute approximate surface area is 68.0 Å². The molecule has 0 bridgehead atoms. The van der Waals surface area contributed by atoms with Gasteiger partial charge in [0.2, 0.25) is 0 Å². The van der Waals surface area contributed by atoms with E-state index >= 15 is 0 Å². The largest absolute Gasteiger partial charge is 0.258 e. The molecule has 3 heteroatoms. The van der Waals surface area contributed by atoms with Gasteiger partial charge in [0, 0.05) is 19.0 Å². The van der Waals surface area contributed by atoms with Crippen LogP contribution in [0.15, 0.2) is 0 Å². The summed E-state index contributed by atoms with van der Waals surface area (Å²) in [6.07, 6.45) is 3.21. The van der Waals surface area contributed by atoms with Crippen LogP contribution in [0, 0.1) is 17.2 Å². The Hall–Kier alpha value is -0.590. The van der Waals surface area contributed by atoms with E-state index in [0.29, 0.717) is 0 Å². The van der Waals surface area contributed by atoms with Gasteiger partial charge in [-0.2, -0.15) is 5.26 Å². The second kappa shape index (κ2) is 4.32. The van der Waals surface area contributed by atoms with Gasteiger partial charge in [-0.1, -0.05) is 0 Å². The Morgan fingerprint density at radius 3 is 2.91 bits per heavy atom. The highest BCUT2D eigenvalue weighted by Gasteiger charge is 2.14. The molecule has 1 aliphatic heterocycles. The number of rotatable bonds is 1. The number of hydrazine groups is 1. The van der Waals surface area contributed by atoms with Crippen molar-refractivity contribution >= 4 is 0 Å². The van der Waals surface area contributed by atoms with Crippen molar-refractivity contribution in [3.8, 4) is 6.07 Å². The minimum Gasteiger partial charge on any atom is -0.258 e. The molecule has 62 valence electrons. The van der Waals surface area contributed by atoms with Crippen LogP contribution < -0.4 is 5.43 Å². The Bertz CT molecular complexity index is 150. The standard InChI is InChI=1S/C8H15N3/c1-10-11-5-2-3-8(7-9)4-6-11/h8,10H,2-6H2,1H3. The number of hydrogen-bond donors (Lipinski definition) is 1. The highest BCUT2D eigenvalue weighted by Crippen LogP contribution is 2.14. The van der Waals surface area contributed by atoms with E-state index in [1.165, 1.54) is 0 Å². The summed E-state index contributed by atoms with van der Waals surface area (Å²) in [5.74, 6) is 0.286. The van der Waals surface area contributed by atoms with Gasteiger partial charge in [-0.15, -0.1) is 0 Å². The van der Waals surface area contributed by atoms with Crippen LogP contribution in [-0.2, 0) is 0 Å². The molecule has 1 heterocycles. The van der Waals surface area contributed by atoms with Crippen molar-refractivity contribution in [1.82, 2.24) is 10.4 Å². The van der Waals surface area contributed by atoms with E-state index in [-0.39, 0.29) is 5.92 Å². The third-order valence-electron chi connectivity index (χ3n) is 2.23. The summed E-state index contributed by atoms with van der Waals surface area (Å²) in [6, 6.07) is 2.33. The number of nitriles is 1. The summed E-state index contributed by atoms with van der Waals surface area (Å²) in [4.78, 5) is 0. The molecule has 1 aliphatic rings. The van der Waals surface area contributed by atoms with Crippen LogP contribution >= 0.6 is 0 Å². The molecule has 0 aromatic heterocycles. The zero-order valence-electron chi connectivity index (χ0n) is 7.01. The molecule has 0 aromatic carbocycles. The SMILES string of the molecule is CNN1CCCC(C#N)CC1. The molecule has 0 aliphatic carbocycles. The fraction of sp³-hybridized carbons (Fsp3) is 0.875. The van der Waals surface area contributed by atoms with Crippen LogP contribution in [0.4, 0.5) is 0 Å². The van der Waals surface area contributed by atoms with Crippen LogP contribution in [0.1, 0.15) is 19.3 Å². The molecule has 3 nitrogen and oxygen atoms in total. The molecule has 0 aromatic rings. The van der Waals surface area contributed by atoms with Crippen molar-refractivity contribution in [2.24, 2.45) is 5.92 Å². The molecule has 1 atom stereocenters. The first kappa shape index (κ1) is 8.51.